The second kappa shape index (κ2) is 9.35. The van der Waals surface area contributed by atoms with E-state index in [1.54, 1.807) is 24.3 Å². The molecule has 0 aliphatic carbocycles. The Kier molecular flexibility index (Phi) is 6.61. The third kappa shape index (κ3) is 5.11. The zero-order chi connectivity index (χ0) is 21.7. The topological polar surface area (TPSA) is 90.4 Å². The summed E-state index contributed by atoms with van der Waals surface area (Å²) in [5.74, 6) is 0.373. The van der Waals surface area contributed by atoms with E-state index < -0.39 is 12.0 Å². The van der Waals surface area contributed by atoms with E-state index in [-0.39, 0.29) is 11.8 Å². The molecule has 0 saturated heterocycles. The van der Waals surface area contributed by atoms with Crippen LogP contribution < -0.4 is 10.1 Å². The largest absolute Gasteiger partial charge is 0.467 e. The maximum Gasteiger partial charge on any atom is 0.328 e. The molecular formula is C23H25N3O4. The Bertz CT molecular complexity index is 1050. The standard InChI is InChI=1S/C23H25N3O4/c1-14(2)13-20(23(28)29-4)25-21(27)16-9-11-17(12-10-16)30-22-15(3)24-18-7-5-6-8-19(18)26-22/h5-12,14,20H,13H2,1-4H3,(H,25,27)/t20-/m0/s1. The normalized spacial score (nSPS) is 11.9. The zero-order valence-corrected chi connectivity index (χ0v) is 17.5. The van der Waals surface area contributed by atoms with Crippen molar-refractivity contribution in [1.82, 2.24) is 15.3 Å². The second-order valence-corrected chi connectivity index (χ2v) is 7.41. The number of carbonyl (C=O) groups excluding carboxylic acids is 2. The highest BCUT2D eigenvalue weighted by molar-refractivity contribution is 5.96. The van der Waals surface area contributed by atoms with Crippen molar-refractivity contribution in [2.75, 3.05) is 7.11 Å². The fraction of sp³-hybridized carbons (Fsp3) is 0.304. The predicted octanol–water partition coefficient (Wildman–Crippen LogP) is 4.05. The highest BCUT2D eigenvalue weighted by atomic mass is 16.5. The molecule has 7 nitrogen and oxygen atoms in total. The molecule has 1 amide bonds. The van der Waals surface area contributed by atoms with Gasteiger partial charge in [-0.15, -0.1) is 0 Å². The smallest absolute Gasteiger partial charge is 0.328 e. The van der Waals surface area contributed by atoms with Gasteiger partial charge in [-0.1, -0.05) is 26.0 Å². The van der Waals surface area contributed by atoms with E-state index in [0.29, 0.717) is 29.3 Å². The summed E-state index contributed by atoms with van der Waals surface area (Å²) in [5, 5.41) is 2.74. The fourth-order valence-corrected chi connectivity index (χ4v) is 3.02. The number of benzene rings is 2. The molecule has 0 saturated carbocycles. The minimum atomic E-state index is -0.686. The molecule has 1 N–H and O–H groups in total. The zero-order valence-electron chi connectivity index (χ0n) is 17.5. The van der Waals surface area contributed by atoms with Crippen LogP contribution in [-0.2, 0) is 9.53 Å². The lowest BCUT2D eigenvalue weighted by molar-refractivity contribution is -0.143. The lowest BCUT2D eigenvalue weighted by Gasteiger charge is -2.18. The van der Waals surface area contributed by atoms with Gasteiger partial charge >= 0.3 is 5.97 Å². The van der Waals surface area contributed by atoms with Crippen LogP contribution in [-0.4, -0.2) is 35.0 Å². The van der Waals surface area contributed by atoms with E-state index >= 15 is 0 Å². The number of rotatable bonds is 7. The van der Waals surface area contributed by atoms with E-state index in [0.717, 1.165) is 11.0 Å². The summed E-state index contributed by atoms with van der Waals surface area (Å²) in [5.41, 5.74) is 2.63. The minimum absolute atomic E-state index is 0.233. The van der Waals surface area contributed by atoms with Crippen LogP contribution in [0.5, 0.6) is 11.6 Å². The van der Waals surface area contributed by atoms with Crippen LogP contribution in [0, 0.1) is 12.8 Å². The molecule has 0 aliphatic heterocycles. The number of para-hydroxylation sites is 2. The van der Waals surface area contributed by atoms with Crippen molar-refractivity contribution in [2.24, 2.45) is 5.92 Å². The van der Waals surface area contributed by atoms with Crippen molar-refractivity contribution in [3.05, 3.63) is 59.8 Å². The Hall–Kier alpha value is -3.48. The maximum absolute atomic E-state index is 12.5. The Morgan fingerprint density at radius 1 is 1.00 bits per heavy atom. The van der Waals surface area contributed by atoms with Gasteiger partial charge in [-0.05, 0) is 55.7 Å². The Morgan fingerprint density at radius 3 is 2.23 bits per heavy atom. The summed E-state index contributed by atoms with van der Waals surface area (Å²) in [7, 11) is 1.31. The summed E-state index contributed by atoms with van der Waals surface area (Å²) < 4.78 is 10.7. The van der Waals surface area contributed by atoms with E-state index in [1.807, 2.05) is 45.0 Å². The number of amides is 1. The molecule has 2 aromatic carbocycles. The van der Waals surface area contributed by atoms with Crippen molar-refractivity contribution < 1.29 is 19.1 Å². The quantitative estimate of drug-likeness (QED) is 0.594. The van der Waals surface area contributed by atoms with E-state index in [1.165, 1.54) is 7.11 Å². The third-order valence-electron chi connectivity index (χ3n) is 4.53. The molecule has 0 fully saturated rings. The van der Waals surface area contributed by atoms with Crippen molar-refractivity contribution in [3.8, 4) is 11.6 Å². The number of hydrogen-bond donors (Lipinski definition) is 1. The summed E-state index contributed by atoms with van der Waals surface area (Å²) >= 11 is 0. The average Bonchev–Trinajstić information content (AvgIpc) is 2.73. The average molecular weight is 407 g/mol. The van der Waals surface area contributed by atoms with Crippen molar-refractivity contribution in [2.45, 2.75) is 33.2 Å². The number of fused-ring (bicyclic) bond motifs is 1. The molecule has 0 bridgehead atoms. The Balaban J connectivity index is 1.72. The van der Waals surface area contributed by atoms with Crippen LogP contribution in [0.15, 0.2) is 48.5 Å². The molecule has 156 valence electrons. The van der Waals surface area contributed by atoms with Gasteiger partial charge in [-0.2, -0.15) is 0 Å². The van der Waals surface area contributed by atoms with E-state index in [4.69, 9.17) is 9.47 Å². The summed E-state index contributed by atoms with van der Waals surface area (Å²) in [6.07, 6.45) is 0.500. The van der Waals surface area contributed by atoms with Crippen molar-refractivity contribution in [1.29, 1.82) is 0 Å². The van der Waals surface area contributed by atoms with Crippen molar-refractivity contribution in [3.63, 3.8) is 0 Å². The monoisotopic (exact) mass is 407 g/mol. The first-order valence-corrected chi connectivity index (χ1v) is 9.77. The summed E-state index contributed by atoms with van der Waals surface area (Å²) in [6, 6.07) is 13.5. The van der Waals surface area contributed by atoms with E-state index in [9.17, 15) is 9.59 Å². The first-order chi connectivity index (χ1) is 14.4. The first kappa shape index (κ1) is 21.2. The van der Waals surface area contributed by atoms with Gasteiger partial charge in [0.1, 0.15) is 17.5 Å². The van der Waals surface area contributed by atoms with Gasteiger partial charge in [0, 0.05) is 5.56 Å². The summed E-state index contributed by atoms with van der Waals surface area (Å²) in [6.45, 7) is 5.79. The molecule has 3 rings (SSSR count). The van der Waals surface area contributed by atoms with Crippen LogP contribution in [0.1, 0.15) is 36.3 Å². The molecule has 3 aromatic rings. The van der Waals surface area contributed by atoms with Gasteiger partial charge in [0.2, 0.25) is 5.88 Å². The number of hydrogen-bond acceptors (Lipinski definition) is 6. The number of methoxy groups -OCH3 is 1. The number of aromatic nitrogens is 2. The molecule has 1 aromatic heterocycles. The van der Waals surface area contributed by atoms with E-state index in [2.05, 4.69) is 15.3 Å². The summed E-state index contributed by atoms with van der Waals surface area (Å²) in [4.78, 5) is 33.5. The van der Waals surface area contributed by atoms with Gasteiger partial charge in [-0.3, -0.25) is 4.79 Å². The van der Waals surface area contributed by atoms with Crippen LogP contribution >= 0.6 is 0 Å². The molecule has 0 aliphatic rings. The molecule has 0 radical (unpaired) electrons. The molecule has 0 unspecified atom stereocenters. The number of esters is 1. The predicted molar refractivity (Wildman–Crippen MR) is 114 cm³/mol. The highest BCUT2D eigenvalue weighted by Crippen LogP contribution is 2.24. The number of carbonyl (C=O) groups is 2. The first-order valence-electron chi connectivity index (χ1n) is 9.77. The van der Waals surface area contributed by atoms with Gasteiger partial charge in [0.15, 0.2) is 0 Å². The van der Waals surface area contributed by atoms with Gasteiger partial charge in [0.25, 0.3) is 5.91 Å². The molecule has 7 heteroatoms. The molecule has 0 spiro atoms. The van der Waals surface area contributed by atoms with Crippen LogP contribution in [0.25, 0.3) is 11.0 Å². The Morgan fingerprint density at radius 2 is 1.63 bits per heavy atom. The molecule has 1 atom stereocenters. The second-order valence-electron chi connectivity index (χ2n) is 7.41. The highest BCUT2D eigenvalue weighted by Gasteiger charge is 2.23. The van der Waals surface area contributed by atoms with Crippen LogP contribution in [0.2, 0.25) is 0 Å². The van der Waals surface area contributed by atoms with Crippen LogP contribution in [0.3, 0.4) is 0 Å². The maximum atomic E-state index is 12.5. The van der Waals surface area contributed by atoms with Gasteiger partial charge in [-0.25, -0.2) is 14.8 Å². The van der Waals surface area contributed by atoms with Gasteiger partial charge in [0.05, 0.1) is 18.1 Å². The molecule has 30 heavy (non-hydrogen) atoms. The van der Waals surface area contributed by atoms with Gasteiger partial charge < -0.3 is 14.8 Å². The molecule has 1 heterocycles. The number of nitrogens with zero attached hydrogens (tertiary/aromatic N) is 2. The molecular weight excluding hydrogens is 382 g/mol. The Labute approximate surface area is 175 Å². The number of ether oxygens (including phenoxy) is 2. The third-order valence-corrected chi connectivity index (χ3v) is 4.53. The lowest BCUT2D eigenvalue weighted by Crippen LogP contribution is -2.42. The number of aryl methyl sites for hydroxylation is 1. The number of nitrogens with one attached hydrogen (secondary N) is 1. The fourth-order valence-electron chi connectivity index (χ4n) is 3.02. The van der Waals surface area contributed by atoms with Crippen molar-refractivity contribution >= 4 is 22.9 Å². The lowest BCUT2D eigenvalue weighted by atomic mass is 10.0. The minimum Gasteiger partial charge on any atom is -0.467 e. The van der Waals surface area contributed by atoms with Crippen LogP contribution in [0.4, 0.5) is 0 Å². The SMILES string of the molecule is COC(=O)[C@H](CC(C)C)NC(=O)c1ccc(Oc2nc3ccccc3nc2C)cc1.